The van der Waals surface area contributed by atoms with E-state index in [9.17, 15) is 0 Å². The second-order valence-electron chi connectivity index (χ2n) is 4.73. The summed E-state index contributed by atoms with van der Waals surface area (Å²) >= 11 is 6.31. The van der Waals surface area contributed by atoms with Crippen molar-refractivity contribution in [3.8, 4) is 17.0 Å². The number of benzene rings is 1. The summed E-state index contributed by atoms with van der Waals surface area (Å²) in [5.41, 5.74) is 9.75. The molecule has 0 unspecified atom stereocenters. The molecule has 0 fully saturated rings. The number of aryl methyl sites for hydroxylation is 1. The molecule has 0 saturated carbocycles. The predicted octanol–water partition coefficient (Wildman–Crippen LogP) is 3.46. The fourth-order valence-electron chi connectivity index (χ4n) is 2.73. The number of ether oxygens (including phenoxy) is 1. The first kappa shape index (κ1) is 12.4. The van der Waals surface area contributed by atoms with Crippen molar-refractivity contribution in [1.29, 1.82) is 0 Å². The van der Waals surface area contributed by atoms with Crippen LogP contribution in [0.25, 0.3) is 11.3 Å². The Bertz CT molecular complexity index is 622. The minimum atomic E-state index is 0.293. The Morgan fingerprint density at radius 1 is 1.32 bits per heavy atom. The number of halogens is 1. The SMILES string of the molecule is COc1c(Cl)cc2c(c1-c1cc(N)on1)CCCC2. The number of aromatic nitrogens is 1. The van der Waals surface area contributed by atoms with E-state index in [1.54, 1.807) is 13.2 Å². The highest BCUT2D eigenvalue weighted by atomic mass is 35.5. The molecular weight excluding hydrogens is 264 g/mol. The number of hydrogen-bond donors (Lipinski definition) is 1. The molecule has 0 aliphatic heterocycles. The van der Waals surface area contributed by atoms with Gasteiger partial charge in [0, 0.05) is 6.07 Å². The van der Waals surface area contributed by atoms with Gasteiger partial charge in [-0.05, 0) is 42.9 Å². The molecule has 2 aromatic rings. The van der Waals surface area contributed by atoms with Crippen molar-refractivity contribution in [2.24, 2.45) is 0 Å². The van der Waals surface area contributed by atoms with E-state index in [2.05, 4.69) is 5.16 Å². The van der Waals surface area contributed by atoms with Gasteiger partial charge in [-0.25, -0.2) is 0 Å². The third kappa shape index (κ3) is 2.06. The van der Waals surface area contributed by atoms with Crippen LogP contribution in [0, 0.1) is 0 Å². The van der Waals surface area contributed by atoms with Crippen LogP contribution in [0.15, 0.2) is 16.7 Å². The Morgan fingerprint density at radius 3 is 2.79 bits per heavy atom. The minimum Gasteiger partial charge on any atom is -0.494 e. The highest BCUT2D eigenvalue weighted by Gasteiger charge is 2.23. The Kier molecular flexibility index (Phi) is 3.11. The fourth-order valence-corrected chi connectivity index (χ4v) is 3.03. The lowest BCUT2D eigenvalue weighted by Gasteiger charge is -2.21. The minimum absolute atomic E-state index is 0.293. The van der Waals surface area contributed by atoms with E-state index < -0.39 is 0 Å². The van der Waals surface area contributed by atoms with Crippen LogP contribution in [-0.4, -0.2) is 12.3 Å². The molecular formula is C14H15ClN2O2. The van der Waals surface area contributed by atoms with E-state index in [1.807, 2.05) is 6.07 Å². The molecule has 19 heavy (non-hydrogen) atoms. The molecule has 0 spiro atoms. The molecule has 3 rings (SSSR count). The third-order valence-corrected chi connectivity index (χ3v) is 3.83. The first-order valence-corrected chi connectivity index (χ1v) is 6.69. The van der Waals surface area contributed by atoms with Gasteiger partial charge < -0.3 is 15.0 Å². The lowest BCUT2D eigenvalue weighted by Crippen LogP contribution is -2.06. The monoisotopic (exact) mass is 278 g/mol. The third-order valence-electron chi connectivity index (χ3n) is 3.55. The van der Waals surface area contributed by atoms with Gasteiger partial charge in [-0.1, -0.05) is 16.8 Å². The van der Waals surface area contributed by atoms with Gasteiger partial charge in [0.2, 0.25) is 5.88 Å². The zero-order valence-corrected chi connectivity index (χ0v) is 11.5. The Labute approximate surface area is 116 Å². The van der Waals surface area contributed by atoms with Crippen LogP contribution in [0.5, 0.6) is 5.75 Å². The number of hydrogen-bond acceptors (Lipinski definition) is 4. The molecule has 4 nitrogen and oxygen atoms in total. The first-order chi connectivity index (χ1) is 9.20. The Balaban J connectivity index is 2.27. The number of anilines is 1. The second kappa shape index (κ2) is 4.78. The van der Waals surface area contributed by atoms with Crippen LogP contribution in [-0.2, 0) is 12.8 Å². The molecule has 1 heterocycles. The van der Waals surface area contributed by atoms with Crippen molar-refractivity contribution in [1.82, 2.24) is 5.16 Å². The molecule has 1 aromatic carbocycles. The summed E-state index contributed by atoms with van der Waals surface area (Å²) in [6.45, 7) is 0. The molecule has 1 aromatic heterocycles. The summed E-state index contributed by atoms with van der Waals surface area (Å²) in [4.78, 5) is 0. The van der Waals surface area contributed by atoms with Crippen LogP contribution in [0.4, 0.5) is 5.88 Å². The maximum absolute atomic E-state index is 6.31. The molecule has 0 radical (unpaired) electrons. The highest BCUT2D eigenvalue weighted by molar-refractivity contribution is 6.32. The summed E-state index contributed by atoms with van der Waals surface area (Å²) in [5, 5.41) is 4.62. The normalized spacial score (nSPS) is 14.2. The average Bonchev–Trinajstić information content (AvgIpc) is 2.83. The predicted molar refractivity (Wildman–Crippen MR) is 74.6 cm³/mol. The van der Waals surface area contributed by atoms with E-state index in [0.717, 1.165) is 24.8 Å². The van der Waals surface area contributed by atoms with Crippen molar-refractivity contribution in [2.75, 3.05) is 12.8 Å². The number of methoxy groups -OCH3 is 1. The van der Waals surface area contributed by atoms with Gasteiger partial charge in [-0.15, -0.1) is 0 Å². The van der Waals surface area contributed by atoms with Gasteiger partial charge >= 0.3 is 0 Å². The van der Waals surface area contributed by atoms with Crippen molar-refractivity contribution in [3.63, 3.8) is 0 Å². The molecule has 5 heteroatoms. The first-order valence-electron chi connectivity index (χ1n) is 6.31. The second-order valence-corrected chi connectivity index (χ2v) is 5.13. The number of fused-ring (bicyclic) bond motifs is 1. The standard InChI is InChI=1S/C14H15ClN2O2/c1-18-14-10(15)6-8-4-2-3-5-9(8)13(14)11-7-12(16)19-17-11/h6-7H,2-5,16H2,1H3. The maximum atomic E-state index is 6.31. The number of nitrogen functional groups attached to an aromatic ring is 1. The fraction of sp³-hybridized carbons (Fsp3) is 0.357. The zero-order chi connectivity index (χ0) is 13.4. The summed E-state index contributed by atoms with van der Waals surface area (Å²) in [7, 11) is 1.61. The van der Waals surface area contributed by atoms with E-state index in [4.69, 9.17) is 26.6 Å². The van der Waals surface area contributed by atoms with E-state index in [1.165, 1.54) is 17.5 Å². The number of nitrogens with two attached hydrogens (primary N) is 1. The van der Waals surface area contributed by atoms with Crippen molar-refractivity contribution < 1.29 is 9.26 Å². The molecule has 0 atom stereocenters. The van der Waals surface area contributed by atoms with Crippen molar-refractivity contribution in [2.45, 2.75) is 25.7 Å². The number of rotatable bonds is 2. The lowest BCUT2D eigenvalue weighted by atomic mass is 9.86. The Morgan fingerprint density at radius 2 is 2.11 bits per heavy atom. The van der Waals surface area contributed by atoms with Crippen LogP contribution in [0.2, 0.25) is 5.02 Å². The zero-order valence-electron chi connectivity index (χ0n) is 10.7. The largest absolute Gasteiger partial charge is 0.494 e. The van der Waals surface area contributed by atoms with Crippen LogP contribution < -0.4 is 10.5 Å². The van der Waals surface area contributed by atoms with Crippen LogP contribution in [0.3, 0.4) is 0 Å². The summed E-state index contributed by atoms with van der Waals surface area (Å²) < 4.78 is 10.4. The van der Waals surface area contributed by atoms with Gasteiger partial charge in [-0.2, -0.15) is 0 Å². The topological polar surface area (TPSA) is 61.3 Å². The summed E-state index contributed by atoms with van der Waals surface area (Å²) in [6, 6.07) is 3.71. The van der Waals surface area contributed by atoms with E-state index in [0.29, 0.717) is 22.4 Å². The highest BCUT2D eigenvalue weighted by Crippen LogP contribution is 2.43. The molecule has 2 N–H and O–H groups in total. The molecule has 1 aliphatic carbocycles. The van der Waals surface area contributed by atoms with Gasteiger partial charge in [0.05, 0.1) is 17.7 Å². The molecule has 0 bridgehead atoms. The number of nitrogens with zero attached hydrogens (tertiary/aromatic N) is 1. The average molecular weight is 279 g/mol. The Hall–Kier alpha value is -1.68. The van der Waals surface area contributed by atoms with Gasteiger partial charge in [-0.3, -0.25) is 0 Å². The molecule has 0 saturated heterocycles. The van der Waals surface area contributed by atoms with Crippen LogP contribution in [0.1, 0.15) is 24.0 Å². The van der Waals surface area contributed by atoms with Gasteiger partial charge in [0.25, 0.3) is 0 Å². The van der Waals surface area contributed by atoms with Gasteiger partial charge in [0.1, 0.15) is 11.4 Å². The summed E-state index contributed by atoms with van der Waals surface area (Å²) in [5.74, 6) is 0.942. The maximum Gasteiger partial charge on any atom is 0.222 e. The van der Waals surface area contributed by atoms with Gasteiger partial charge in [0.15, 0.2) is 0 Å². The smallest absolute Gasteiger partial charge is 0.222 e. The quantitative estimate of drug-likeness (QED) is 0.914. The summed E-state index contributed by atoms with van der Waals surface area (Å²) in [6.07, 6.45) is 4.40. The molecule has 100 valence electrons. The van der Waals surface area contributed by atoms with Crippen molar-refractivity contribution in [3.05, 3.63) is 28.3 Å². The van der Waals surface area contributed by atoms with E-state index >= 15 is 0 Å². The lowest BCUT2D eigenvalue weighted by molar-refractivity contribution is 0.413. The van der Waals surface area contributed by atoms with Crippen molar-refractivity contribution >= 4 is 17.5 Å². The molecule has 0 amide bonds. The molecule has 1 aliphatic rings. The van der Waals surface area contributed by atoms with E-state index in [-0.39, 0.29) is 0 Å². The van der Waals surface area contributed by atoms with Crippen LogP contribution >= 0.6 is 11.6 Å².